The summed E-state index contributed by atoms with van der Waals surface area (Å²) in [4.78, 5) is 26.2. The molecule has 174 valence electrons. The zero-order valence-electron chi connectivity index (χ0n) is 17.3. The summed E-state index contributed by atoms with van der Waals surface area (Å²) in [6.07, 6.45) is 5.15. The zero-order valence-corrected chi connectivity index (χ0v) is 17.3. The number of carboxylic acids is 1. The van der Waals surface area contributed by atoms with Crippen LogP contribution in [0.3, 0.4) is 0 Å². The number of benzene rings is 1. The Kier molecular flexibility index (Phi) is 7.26. The standard InChI is InChI=1S/C21H21FN4O3.3H2O/c22-16-6-13-18(26(12-3-4-12)9-15(20(13)27)21(28)29)14(7-23)19(16)25-8-11-2-1-5-24-17(11)10-25;;;/h6,9,11-12,17,24H,1-5,8,10H2,(H,28,29);3*1H2/t11-,17+;;;/m0.../s1. The fourth-order valence-corrected chi connectivity index (χ4v) is 4.92. The average molecular weight is 450 g/mol. The van der Waals surface area contributed by atoms with E-state index in [9.17, 15) is 20.0 Å². The first kappa shape index (κ1) is 25.2. The number of fused-ring (bicyclic) bond motifs is 2. The molecule has 10 nitrogen and oxygen atoms in total. The molecule has 1 aromatic carbocycles. The Bertz CT molecular complexity index is 1130. The average Bonchev–Trinajstić information content (AvgIpc) is 3.45. The van der Waals surface area contributed by atoms with Crippen molar-refractivity contribution >= 4 is 22.6 Å². The second kappa shape index (κ2) is 9.22. The fraction of sp³-hybridized carbons (Fsp3) is 0.476. The fourth-order valence-electron chi connectivity index (χ4n) is 4.92. The Morgan fingerprint density at radius 2 is 1.94 bits per heavy atom. The Hall–Kier alpha value is -3.04. The number of pyridine rings is 1. The first-order chi connectivity index (χ1) is 14.0. The maximum absolute atomic E-state index is 15.2. The van der Waals surface area contributed by atoms with Crippen molar-refractivity contribution in [2.45, 2.75) is 37.8 Å². The SMILES string of the molecule is N#Cc1c(N2C[C@@H]3CCCN[C@@H]3C2)c(F)cc2c(=O)c(C(=O)O)cn(C3CC3)c12.O.O.O. The van der Waals surface area contributed by atoms with Crippen LogP contribution in [0.15, 0.2) is 17.1 Å². The van der Waals surface area contributed by atoms with Gasteiger partial charge in [-0.15, -0.1) is 0 Å². The number of halogens is 1. The molecule has 2 atom stereocenters. The predicted octanol–water partition coefficient (Wildman–Crippen LogP) is -0.241. The summed E-state index contributed by atoms with van der Waals surface area (Å²) in [6, 6.07) is 3.55. The van der Waals surface area contributed by atoms with Crippen LogP contribution in [0.25, 0.3) is 10.9 Å². The summed E-state index contributed by atoms with van der Waals surface area (Å²) in [5, 5.41) is 22.8. The van der Waals surface area contributed by atoms with E-state index in [0.29, 0.717) is 24.5 Å². The molecule has 3 aliphatic rings. The van der Waals surface area contributed by atoms with Gasteiger partial charge in [-0.25, -0.2) is 9.18 Å². The molecule has 1 aliphatic carbocycles. The van der Waals surface area contributed by atoms with Crippen molar-refractivity contribution < 1.29 is 30.7 Å². The Labute approximate surface area is 182 Å². The van der Waals surface area contributed by atoms with E-state index >= 15 is 4.39 Å². The number of nitrogens with one attached hydrogen (secondary N) is 1. The smallest absolute Gasteiger partial charge is 0.341 e. The van der Waals surface area contributed by atoms with Gasteiger partial charge in [0.1, 0.15) is 23.0 Å². The van der Waals surface area contributed by atoms with E-state index in [-0.39, 0.29) is 45.1 Å². The number of hydrogen-bond acceptors (Lipinski definition) is 5. The number of carboxylic acid groups (broad SMARTS) is 1. The maximum Gasteiger partial charge on any atom is 0.341 e. The van der Waals surface area contributed by atoms with Crippen LogP contribution in [0.2, 0.25) is 0 Å². The van der Waals surface area contributed by atoms with Gasteiger partial charge in [-0.1, -0.05) is 0 Å². The lowest BCUT2D eigenvalue weighted by atomic mass is 9.94. The van der Waals surface area contributed by atoms with Crippen LogP contribution in [0.1, 0.15) is 47.6 Å². The predicted molar refractivity (Wildman–Crippen MR) is 116 cm³/mol. The number of aromatic carboxylic acids is 1. The van der Waals surface area contributed by atoms with Crippen LogP contribution in [-0.4, -0.2) is 57.7 Å². The van der Waals surface area contributed by atoms with Crippen molar-refractivity contribution in [2.75, 3.05) is 24.5 Å². The van der Waals surface area contributed by atoms with E-state index in [1.54, 1.807) is 4.57 Å². The molecular formula is C21H27FN4O6. The molecule has 2 aromatic rings. The number of rotatable bonds is 3. The van der Waals surface area contributed by atoms with Crippen LogP contribution >= 0.6 is 0 Å². The molecule has 11 heteroatoms. The summed E-state index contributed by atoms with van der Waals surface area (Å²) in [5.41, 5.74) is -0.433. The second-order valence-electron chi connectivity index (χ2n) is 8.27. The molecule has 32 heavy (non-hydrogen) atoms. The number of carbonyl (C=O) groups is 1. The number of hydrogen-bond donors (Lipinski definition) is 2. The summed E-state index contributed by atoms with van der Waals surface area (Å²) in [5.74, 6) is -1.58. The van der Waals surface area contributed by atoms with Gasteiger partial charge >= 0.3 is 5.97 Å². The van der Waals surface area contributed by atoms with Gasteiger partial charge < -0.3 is 36.3 Å². The molecule has 0 unspecified atom stereocenters. The molecule has 0 amide bonds. The number of piperidine rings is 1. The lowest BCUT2D eigenvalue weighted by Gasteiger charge is -2.24. The Morgan fingerprint density at radius 1 is 1.22 bits per heavy atom. The molecule has 1 saturated carbocycles. The molecule has 2 saturated heterocycles. The van der Waals surface area contributed by atoms with Crippen LogP contribution < -0.4 is 15.6 Å². The first-order valence-corrected chi connectivity index (χ1v) is 10.0. The van der Waals surface area contributed by atoms with Crippen LogP contribution in [0, 0.1) is 23.1 Å². The Morgan fingerprint density at radius 3 is 2.53 bits per heavy atom. The monoisotopic (exact) mass is 450 g/mol. The molecule has 3 heterocycles. The maximum atomic E-state index is 15.2. The largest absolute Gasteiger partial charge is 0.477 e. The topological polar surface area (TPSA) is 193 Å². The zero-order chi connectivity index (χ0) is 20.3. The van der Waals surface area contributed by atoms with Crippen LogP contribution in [0.4, 0.5) is 10.1 Å². The van der Waals surface area contributed by atoms with Gasteiger partial charge in [0.25, 0.3) is 0 Å². The Balaban J connectivity index is 0.00000121. The highest BCUT2D eigenvalue weighted by Gasteiger charge is 2.37. The highest BCUT2D eigenvalue weighted by molar-refractivity contribution is 5.96. The van der Waals surface area contributed by atoms with Crippen molar-refractivity contribution in [3.05, 3.63) is 39.4 Å². The normalized spacial score (nSPS) is 21.6. The summed E-state index contributed by atoms with van der Waals surface area (Å²) in [6.45, 7) is 2.22. The van der Waals surface area contributed by atoms with Crippen molar-refractivity contribution in [2.24, 2.45) is 5.92 Å². The third kappa shape index (κ3) is 3.82. The highest BCUT2D eigenvalue weighted by Crippen LogP contribution is 2.41. The van der Waals surface area contributed by atoms with Crippen molar-refractivity contribution in [3.63, 3.8) is 0 Å². The lowest BCUT2D eigenvalue weighted by molar-refractivity contribution is 0.0694. The molecule has 0 bridgehead atoms. The van der Waals surface area contributed by atoms with Crippen LogP contribution in [-0.2, 0) is 0 Å². The lowest BCUT2D eigenvalue weighted by Crippen LogP contribution is -2.40. The van der Waals surface area contributed by atoms with Crippen molar-refractivity contribution in [3.8, 4) is 6.07 Å². The van der Waals surface area contributed by atoms with Crippen molar-refractivity contribution in [1.82, 2.24) is 9.88 Å². The molecule has 8 N–H and O–H groups in total. The van der Waals surface area contributed by atoms with Gasteiger partial charge in [-0.05, 0) is 44.2 Å². The van der Waals surface area contributed by atoms with Gasteiger partial charge in [-0.2, -0.15) is 5.26 Å². The van der Waals surface area contributed by atoms with E-state index in [0.717, 1.165) is 38.3 Å². The third-order valence-corrected chi connectivity index (χ3v) is 6.44. The number of anilines is 1. The van der Waals surface area contributed by atoms with Gasteiger partial charge in [0, 0.05) is 31.4 Å². The van der Waals surface area contributed by atoms with Gasteiger partial charge in [-0.3, -0.25) is 4.79 Å². The van der Waals surface area contributed by atoms with Gasteiger partial charge in [0.05, 0.1) is 16.6 Å². The minimum absolute atomic E-state index is 0. The number of aromatic nitrogens is 1. The van der Waals surface area contributed by atoms with E-state index in [1.165, 1.54) is 6.20 Å². The highest BCUT2D eigenvalue weighted by atomic mass is 19.1. The molecule has 0 radical (unpaired) electrons. The summed E-state index contributed by atoms with van der Waals surface area (Å²) >= 11 is 0. The molecule has 3 fully saturated rings. The second-order valence-corrected chi connectivity index (χ2v) is 8.27. The third-order valence-electron chi connectivity index (χ3n) is 6.44. The summed E-state index contributed by atoms with van der Waals surface area (Å²) < 4.78 is 16.9. The quantitative estimate of drug-likeness (QED) is 0.647. The van der Waals surface area contributed by atoms with E-state index < -0.39 is 22.8 Å². The minimum Gasteiger partial charge on any atom is -0.477 e. The molecular weight excluding hydrogens is 423 g/mol. The number of nitrogens with zero attached hydrogens (tertiary/aromatic N) is 3. The molecule has 2 aliphatic heterocycles. The van der Waals surface area contributed by atoms with E-state index in [2.05, 4.69) is 11.4 Å². The van der Waals surface area contributed by atoms with E-state index in [4.69, 9.17) is 0 Å². The van der Waals surface area contributed by atoms with E-state index in [1.807, 2.05) is 4.90 Å². The molecule has 5 rings (SSSR count). The van der Waals surface area contributed by atoms with Crippen LogP contribution in [0.5, 0.6) is 0 Å². The summed E-state index contributed by atoms with van der Waals surface area (Å²) in [7, 11) is 0. The number of nitriles is 1. The molecule has 0 spiro atoms. The van der Waals surface area contributed by atoms with Gasteiger partial charge in [0.2, 0.25) is 5.43 Å². The minimum atomic E-state index is -1.34. The molecule has 1 aromatic heterocycles. The van der Waals surface area contributed by atoms with Crippen molar-refractivity contribution in [1.29, 1.82) is 5.26 Å². The first-order valence-electron chi connectivity index (χ1n) is 10.0. The van der Waals surface area contributed by atoms with Gasteiger partial charge in [0.15, 0.2) is 0 Å².